The molecule has 130 valence electrons. The van der Waals surface area contributed by atoms with Gasteiger partial charge in [-0.25, -0.2) is 4.68 Å². The van der Waals surface area contributed by atoms with E-state index in [0.29, 0.717) is 4.88 Å². The fourth-order valence-corrected chi connectivity index (χ4v) is 3.99. The van der Waals surface area contributed by atoms with Crippen molar-refractivity contribution in [2.24, 2.45) is 0 Å². The van der Waals surface area contributed by atoms with E-state index in [0.717, 1.165) is 27.2 Å². The van der Waals surface area contributed by atoms with E-state index in [4.69, 9.17) is 0 Å². The van der Waals surface area contributed by atoms with E-state index in [1.54, 1.807) is 12.4 Å². The van der Waals surface area contributed by atoms with Crippen LogP contribution >= 0.6 is 11.3 Å². The first kappa shape index (κ1) is 16.5. The van der Waals surface area contributed by atoms with Crippen LogP contribution in [0.25, 0.3) is 15.9 Å². The number of nitrogens with one attached hydrogen (secondary N) is 1. The van der Waals surface area contributed by atoms with Crippen molar-refractivity contribution >= 4 is 27.5 Å². The fourth-order valence-electron chi connectivity index (χ4n) is 2.91. The number of amides is 1. The zero-order valence-electron chi connectivity index (χ0n) is 14.5. The van der Waals surface area contributed by atoms with Crippen LogP contribution < -0.4 is 5.32 Å². The van der Waals surface area contributed by atoms with Crippen molar-refractivity contribution in [3.8, 4) is 5.69 Å². The summed E-state index contributed by atoms with van der Waals surface area (Å²) >= 11 is 1.46. The minimum absolute atomic E-state index is 0.0745. The van der Waals surface area contributed by atoms with Crippen LogP contribution in [0.5, 0.6) is 0 Å². The molecule has 0 aliphatic rings. The van der Waals surface area contributed by atoms with Crippen LogP contribution in [0.4, 0.5) is 0 Å². The number of aromatic nitrogens is 3. The van der Waals surface area contributed by atoms with E-state index >= 15 is 0 Å². The fraction of sp³-hybridized carbons (Fsp3) is 0.150. The summed E-state index contributed by atoms with van der Waals surface area (Å²) in [4.78, 5) is 18.4. The number of carbonyl (C=O) groups is 1. The lowest BCUT2D eigenvalue weighted by Gasteiger charge is -2.13. The van der Waals surface area contributed by atoms with Gasteiger partial charge < -0.3 is 5.32 Å². The molecule has 3 heterocycles. The number of carbonyl (C=O) groups excluding carboxylic acids is 1. The Morgan fingerprint density at radius 3 is 2.62 bits per heavy atom. The molecule has 26 heavy (non-hydrogen) atoms. The molecule has 0 aliphatic carbocycles. The number of aryl methyl sites for hydroxylation is 1. The molecule has 0 aliphatic heterocycles. The summed E-state index contributed by atoms with van der Waals surface area (Å²) in [5.41, 5.74) is 2.94. The second kappa shape index (κ2) is 6.72. The van der Waals surface area contributed by atoms with Crippen LogP contribution in [0.2, 0.25) is 0 Å². The van der Waals surface area contributed by atoms with Crippen LogP contribution in [0.15, 0.2) is 60.9 Å². The maximum absolute atomic E-state index is 12.7. The summed E-state index contributed by atoms with van der Waals surface area (Å²) < 4.78 is 1.90. The highest BCUT2D eigenvalue weighted by Crippen LogP contribution is 2.30. The van der Waals surface area contributed by atoms with Gasteiger partial charge in [-0.2, -0.15) is 5.10 Å². The van der Waals surface area contributed by atoms with Crippen LogP contribution in [0, 0.1) is 6.92 Å². The quantitative estimate of drug-likeness (QED) is 0.589. The molecule has 0 fully saturated rings. The summed E-state index contributed by atoms with van der Waals surface area (Å²) in [6, 6.07) is 15.6. The van der Waals surface area contributed by atoms with Gasteiger partial charge in [-0.05, 0) is 49.7 Å². The Labute approximate surface area is 155 Å². The van der Waals surface area contributed by atoms with Crippen LogP contribution in [-0.2, 0) is 0 Å². The van der Waals surface area contributed by atoms with E-state index in [-0.39, 0.29) is 11.9 Å². The largest absolute Gasteiger partial charge is 0.345 e. The normalized spacial score (nSPS) is 12.2. The molecule has 1 N–H and O–H groups in total. The third-order valence-corrected chi connectivity index (χ3v) is 5.43. The van der Waals surface area contributed by atoms with Gasteiger partial charge in [0.1, 0.15) is 4.83 Å². The Hall–Kier alpha value is -2.99. The summed E-state index contributed by atoms with van der Waals surface area (Å²) in [6.07, 6.45) is 3.46. The van der Waals surface area contributed by atoms with Gasteiger partial charge in [-0.3, -0.25) is 9.78 Å². The van der Waals surface area contributed by atoms with Gasteiger partial charge in [0.2, 0.25) is 0 Å². The highest BCUT2D eigenvalue weighted by molar-refractivity contribution is 7.20. The molecule has 1 aromatic carbocycles. The number of para-hydroxylation sites is 1. The van der Waals surface area contributed by atoms with Gasteiger partial charge in [-0.1, -0.05) is 18.2 Å². The molecule has 5 nitrogen and oxygen atoms in total. The molecule has 0 saturated carbocycles. The van der Waals surface area contributed by atoms with Crippen LogP contribution in [0.3, 0.4) is 0 Å². The summed E-state index contributed by atoms with van der Waals surface area (Å²) in [5.74, 6) is -0.0745. The maximum Gasteiger partial charge on any atom is 0.261 e. The molecule has 0 saturated heterocycles. The highest BCUT2D eigenvalue weighted by Gasteiger charge is 2.18. The van der Waals surface area contributed by atoms with Crippen molar-refractivity contribution in [2.45, 2.75) is 19.9 Å². The first-order chi connectivity index (χ1) is 12.6. The van der Waals surface area contributed by atoms with Crippen molar-refractivity contribution < 1.29 is 4.79 Å². The van der Waals surface area contributed by atoms with E-state index in [9.17, 15) is 4.79 Å². The molecule has 6 heteroatoms. The molecule has 1 atom stereocenters. The van der Waals surface area contributed by atoms with E-state index < -0.39 is 0 Å². The number of nitrogens with zero attached hydrogens (tertiary/aromatic N) is 3. The van der Waals surface area contributed by atoms with Crippen molar-refractivity contribution in [2.75, 3.05) is 0 Å². The zero-order valence-corrected chi connectivity index (χ0v) is 15.3. The molecule has 0 radical (unpaired) electrons. The van der Waals surface area contributed by atoms with Crippen LogP contribution in [0.1, 0.15) is 33.9 Å². The Morgan fingerprint density at radius 2 is 1.88 bits per heavy atom. The molecular weight excluding hydrogens is 344 g/mol. The van der Waals surface area contributed by atoms with E-state index in [1.807, 2.05) is 67.1 Å². The third-order valence-electron chi connectivity index (χ3n) is 4.32. The molecule has 4 rings (SSSR count). The number of rotatable bonds is 4. The zero-order chi connectivity index (χ0) is 18.1. The number of benzene rings is 1. The summed E-state index contributed by atoms with van der Waals surface area (Å²) in [7, 11) is 0. The van der Waals surface area contributed by atoms with Gasteiger partial charge in [0.15, 0.2) is 0 Å². The van der Waals surface area contributed by atoms with Gasteiger partial charge in [0.05, 0.1) is 22.3 Å². The van der Waals surface area contributed by atoms with Gasteiger partial charge in [0, 0.05) is 17.8 Å². The first-order valence-electron chi connectivity index (χ1n) is 8.39. The highest BCUT2D eigenvalue weighted by atomic mass is 32.1. The Balaban J connectivity index is 1.64. The topological polar surface area (TPSA) is 59.8 Å². The minimum Gasteiger partial charge on any atom is -0.345 e. The van der Waals surface area contributed by atoms with Gasteiger partial charge in [0.25, 0.3) is 5.91 Å². The second-order valence-electron chi connectivity index (χ2n) is 6.14. The minimum atomic E-state index is -0.0811. The number of thiophene rings is 1. The molecule has 4 aromatic rings. The molecule has 0 bridgehead atoms. The Kier molecular flexibility index (Phi) is 4.26. The molecule has 0 unspecified atom stereocenters. The Morgan fingerprint density at radius 1 is 1.15 bits per heavy atom. The third kappa shape index (κ3) is 2.99. The van der Waals surface area contributed by atoms with Crippen molar-refractivity contribution in [3.05, 3.63) is 77.1 Å². The standard InChI is InChI=1S/C20H18N4OS/c1-13(15-8-10-21-11-9-15)22-19(25)18-12-17-14(2)23-24(20(17)26-18)16-6-4-3-5-7-16/h3-13H,1-2H3,(H,22,25)/t13-/m1/s1. The predicted octanol–water partition coefficient (Wildman–Crippen LogP) is 4.28. The van der Waals surface area contributed by atoms with E-state index in [2.05, 4.69) is 15.4 Å². The monoisotopic (exact) mass is 362 g/mol. The van der Waals surface area contributed by atoms with E-state index in [1.165, 1.54) is 11.3 Å². The number of hydrogen-bond donors (Lipinski definition) is 1. The first-order valence-corrected chi connectivity index (χ1v) is 9.20. The van der Waals surface area contributed by atoms with Gasteiger partial charge >= 0.3 is 0 Å². The van der Waals surface area contributed by atoms with Crippen LogP contribution in [-0.4, -0.2) is 20.7 Å². The summed E-state index contributed by atoms with van der Waals surface area (Å²) in [6.45, 7) is 3.94. The smallest absolute Gasteiger partial charge is 0.261 e. The van der Waals surface area contributed by atoms with Crippen molar-refractivity contribution in [1.29, 1.82) is 0 Å². The van der Waals surface area contributed by atoms with Gasteiger partial charge in [-0.15, -0.1) is 11.3 Å². The molecule has 0 spiro atoms. The predicted molar refractivity (Wildman–Crippen MR) is 104 cm³/mol. The lowest BCUT2D eigenvalue weighted by molar-refractivity contribution is 0.0944. The summed E-state index contributed by atoms with van der Waals surface area (Å²) in [5, 5.41) is 8.69. The van der Waals surface area contributed by atoms with Crippen molar-refractivity contribution in [3.63, 3.8) is 0 Å². The lowest BCUT2D eigenvalue weighted by Crippen LogP contribution is -2.25. The van der Waals surface area contributed by atoms with Crippen molar-refractivity contribution in [1.82, 2.24) is 20.1 Å². The molecular formula is C20H18N4OS. The average Bonchev–Trinajstić information content (AvgIpc) is 3.24. The molecule has 3 aromatic heterocycles. The number of hydrogen-bond acceptors (Lipinski definition) is 4. The number of pyridine rings is 1. The Bertz CT molecular complexity index is 1050. The molecule has 1 amide bonds. The SMILES string of the molecule is Cc1nn(-c2ccccc2)c2sc(C(=O)N[C@H](C)c3ccncc3)cc12. The maximum atomic E-state index is 12.7. The second-order valence-corrected chi connectivity index (χ2v) is 7.17. The number of fused-ring (bicyclic) bond motifs is 1. The average molecular weight is 362 g/mol. The lowest BCUT2D eigenvalue weighted by atomic mass is 10.1.